The van der Waals surface area contributed by atoms with Gasteiger partial charge in [-0.05, 0) is 39.0 Å². The number of aryl methyl sites for hydroxylation is 1. The number of nitrogen functional groups attached to an aromatic ring is 1. The lowest BCUT2D eigenvalue weighted by Gasteiger charge is -2.11. The third-order valence-corrected chi connectivity index (χ3v) is 2.99. The molecule has 0 amide bonds. The van der Waals surface area contributed by atoms with Gasteiger partial charge >= 0.3 is 0 Å². The number of nitrogens with zero attached hydrogens (tertiary/aromatic N) is 2. The quantitative estimate of drug-likeness (QED) is 0.479. The number of nitrogens with two attached hydrogens (primary N) is 1. The van der Waals surface area contributed by atoms with Crippen molar-refractivity contribution in [2.75, 3.05) is 24.2 Å². The van der Waals surface area contributed by atoms with E-state index >= 15 is 0 Å². The summed E-state index contributed by atoms with van der Waals surface area (Å²) in [6, 6.07) is 0. The van der Waals surface area contributed by atoms with Crippen molar-refractivity contribution in [1.82, 2.24) is 9.78 Å². The van der Waals surface area contributed by atoms with Crippen molar-refractivity contribution < 1.29 is 10.2 Å². The zero-order chi connectivity index (χ0) is 14.1. The summed E-state index contributed by atoms with van der Waals surface area (Å²) in [4.78, 5) is 0. The van der Waals surface area contributed by atoms with Crippen LogP contribution in [0.3, 0.4) is 0 Å². The van der Waals surface area contributed by atoms with Crippen LogP contribution in [0, 0.1) is 0 Å². The predicted molar refractivity (Wildman–Crippen MR) is 77.0 cm³/mol. The molecule has 1 rings (SSSR count). The van der Waals surface area contributed by atoms with Gasteiger partial charge in [-0.3, -0.25) is 0 Å². The lowest BCUT2D eigenvalue weighted by atomic mass is 10.2. The maximum atomic E-state index is 9.24. The number of anilines is 2. The van der Waals surface area contributed by atoms with Crippen LogP contribution in [0.25, 0.3) is 0 Å². The molecule has 6 heteroatoms. The van der Waals surface area contributed by atoms with Crippen LogP contribution in [0.15, 0.2) is 6.20 Å². The molecule has 0 aliphatic heterocycles. The van der Waals surface area contributed by atoms with Crippen molar-refractivity contribution in [2.24, 2.45) is 0 Å². The minimum Gasteiger partial charge on any atom is -0.396 e. The van der Waals surface area contributed by atoms with Gasteiger partial charge in [0.2, 0.25) is 0 Å². The van der Waals surface area contributed by atoms with Crippen LogP contribution in [0.1, 0.15) is 39.0 Å². The number of hydrogen-bond acceptors (Lipinski definition) is 5. The highest BCUT2D eigenvalue weighted by Crippen LogP contribution is 2.18. The SMILES string of the molecule is CC(O)CCCn1ncc(N)c1NCCCCCO. The van der Waals surface area contributed by atoms with Gasteiger partial charge in [0.25, 0.3) is 0 Å². The molecular weight excluding hydrogens is 244 g/mol. The van der Waals surface area contributed by atoms with Gasteiger partial charge in [0.05, 0.1) is 18.0 Å². The predicted octanol–water partition coefficient (Wildman–Crippen LogP) is 1.20. The minimum absolute atomic E-state index is 0.249. The second-order valence-electron chi connectivity index (χ2n) is 4.87. The Bertz CT molecular complexity index is 352. The van der Waals surface area contributed by atoms with E-state index in [1.165, 1.54) is 0 Å². The minimum atomic E-state index is -0.275. The topological polar surface area (TPSA) is 96.3 Å². The molecule has 0 aromatic carbocycles. The molecule has 0 saturated heterocycles. The summed E-state index contributed by atoms with van der Waals surface area (Å²) in [6.45, 7) is 3.62. The van der Waals surface area contributed by atoms with Crippen LogP contribution in [-0.4, -0.2) is 39.2 Å². The summed E-state index contributed by atoms with van der Waals surface area (Å²) in [5.41, 5.74) is 6.53. The molecule has 19 heavy (non-hydrogen) atoms. The van der Waals surface area contributed by atoms with E-state index in [4.69, 9.17) is 10.8 Å². The summed E-state index contributed by atoms with van der Waals surface area (Å²) in [5.74, 6) is 0.856. The second kappa shape index (κ2) is 8.77. The fraction of sp³-hybridized carbons (Fsp3) is 0.769. The van der Waals surface area contributed by atoms with E-state index in [9.17, 15) is 5.11 Å². The van der Waals surface area contributed by atoms with Gasteiger partial charge in [0, 0.05) is 19.7 Å². The normalized spacial score (nSPS) is 12.6. The summed E-state index contributed by atoms with van der Waals surface area (Å²) >= 11 is 0. The summed E-state index contributed by atoms with van der Waals surface area (Å²) in [6.07, 6.45) is 5.85. The van der Waals surface area contributed by atoms with Crippen molar-refractivity contribution in [3.05, 3.63) is 6.20 Å². The first kappa shape index (κ1) is 15.8. The van der Waals surface area contributed by atoms with E-state index in [1.807, 2.05) is 4.68 Å². The standard InChI is InChI=1S/C13H26N4O2/c1-11(19)6-5-8-17-13(12(14)10-16-17)15-7-3-2-4-9-18/h10-11,15,18-19H,2-9,14H2,1H3. The van der Waals surface area contributed by atoms with Crippen molar-refractivity contribution in [3.63, 3.8) is 0 Å². The molecule has 1 aromatic heterocycles. The van der Waals surface area contributed by atoms with E-state index in [1.54, 1.807) is 13.1 Å². The third-order valence-electron chi connectivity index (χ3n) is 2.99. The Morgan fingerprint density at radius 3 is 2.84 bits per heavy atom. The zero-order valence-corrected chi connectivity index (χ0v) is 11.7. The van der Waals surface area contributed by atoms with E-state index in [0.29, 0.717) is 5.69 Å². The first-order valence-corrected chi connectivity index (χ1v) is 6.99. The van der Waals surface area contributed by atoms with Gasteiger partial charge in [-0.1, -0.05) is 0 Å². The summed E-state index contributed by atoms with van der Waals surface area (Å²) in [7, 11) is 0. The fourth-order valence-corrected chi connectivity index (χ4v) is 1.92. The van der Waals surface area contributed by atoms with E-state index in [-0.39, 0.29) is 12.7 Å². The average molecular weight is 270 g/mol. The van der Waals surface area contributed by atoms with Crippen LogP contribution in [-0.2, 0) is 6.54 Å². The second-order valence-corrected chi connectivity index (χ2v) is 4.87. The van der Waals surface area contributed by atoms with Gasteiger partial charge < -0.3 is 21.3 Å². The average Bonchev–Trinajstić information content (AvgIpc) is 2.70. The number of aliphatic hydroxyl groups excluding tert-OH is 2. The first-order chi connectivity index (χ1) is 9.15. The monoisotopic (exact) mass is 270 g/mol. The molecule has 0 aliphatic carbocycles. The Labute approximate surface area is 114 Å². The first-order valence-electron chi connectivity index (χ1n) is 6.99. The molecular formula is C13H26N4O2. The van der Waals surface area contributed by atoms with Crippen LogP contribution < -0.4 is 11.1 Å². The molecule has 1 aromatic rings. The summed E-state index contributed by atoms with van der Waals surface area (Å²) < 4.78 is 1.85. The van der Waals surface area contributed by atoms with E-state index in [2.05, 4.69) is 10.4 Å². The van der Waals surface area contributed by atoms with Crippen LogP contribution in [0.5, 0.6) is 0 Å². The van der Waals surface area contributed by atoms with E-state index < -0.39 is 0 Å². The van der Waals surface area contributed by atoms with Gasteiger partial charge in [-0.25, -0.2) is 4.68 Å². The van der Waals surface area contributed by atoms with Crippen LogP contribution >= 0.6 is 0 Å². The number of aliphatic hydroxyl groups is 2. The molecule has 0 saturated carbocycles. The lowest BCUT2D eigenvalue weighted by molar-refractivity contribution is 0.179. The van der Waals surface area contributed by atoms with Crippen LogP contribution in [0.4, 0.5) is 11.5 Å². The summed E-state index contributed by atoms with van der Waals surface area (Å²) in [5, 5.41) is 25.5. The number of rotatable bonds is 10. The molecule has 0 bridgehead atoms. The fourth-order valence-electron chi connectivity index (χ4n) is 1.92. The Balaban J connectivity index is 2.36. The van der Waals surface area contributed by atoms with Gasteiger partial charge in [-0.15, -0.1) is 0 Å². The number of aromatic nitrogens is 2. The highest BCUT2D eigenvalue weighted by Gasteiger charge is 2.07. The Morgan fingerprint density at radius 2 is 2.16 bits per heavy atom. The maximum absolute atomic E-state index is 9.24. The number of unbranched alkanes of at least 4 members (excludes halogenated alkanes) is 2. The molecule has 5 N–H and O–H groups in total. The number of hydrogen-bond donors (Lipinski definition) is 4. The third kappa shape index (κ3) is 5.94. The van der Waals surface area contributed by atoms with Gasteiger partial charge in [-0.2, -0.15) is 5.10 Å². The highest BCUT2D eigenvalue weighted by molar-refractivity contribution is 5.60. The Hall–Kier alpha value is -1.27. The lowest BCUT2D eigenvalue weighted by Crippen LogP contribution is -2.12. The van der Waals surface area contributed by atoms with Crippen molar-refractivity contribution in [2.45, 2.75) is 51.7 Å². The highest BCUT2D eigenvalue weighted by atomic mass is 16.3. The molecule has 1 unspecified atom stereocenters. The molecule has 110 valence electrons. The van der Waals surface area contributed by atoms with Crippen molar-refractivity contribution in [3.8, 4) is 0 Å². The molecule has 0 aliphatic rings. The number of nitrogens with one attached hydrogen (secondary N) is 1. The molecule has 1 atom stereocenters. The molecule has 0 radical (unpaired) electrons. The Kier molecular flexibility index (Phi) is 7.28. The maximum Gasteiger partial charge on any atom is 0.147 e. The molecule has 0 spiro atoms. The molecule has 0 fully saturated rings. The largest absolute Gasteiger partial charge is 0.396 e. The molecule has 1 heterocycles. The molecule has 6 nitrogen and oxygen atoms in total. The van der Waals surface area contributed by atoms with Gasteiger partial charge in [0.15, 0.2) is 0 Å². The van der Waals surface area contributed by atoms with E-state index in [0.717, 1.165) is 51.0 Å². The smallest absolute Gasteiger partial charge is 0.147 e. The van der Waals surface area contributed by atoms with Gasteiger partial charge in [0.1, 0.15) is 5.82 Å². The van der Waals surface area contributed by atoms with Crippen LogP contribution in [0.2, 0.25) is 0 Å². The Morgan fingerprint density at radius 1 is 1.37 bits per heavy atom. The van der Waals surface area contributed by atoms with Crippen molar-refractivity contribution in [1.29, 1.82) is 0 Å². The zero-order valence-electron chi connectivity index (χ0n) is 11.7. The van der Waals surface area contributed by atoms with Crippen molar-refractivity contribution >= 4 is 11.5 Å².